The number of urea groups is 1. The molecule has 0 unspecified atom stereocenters. The van der Waals surface area contributed by atoms with E-state index in [4.69, 9.17) is 0 Å². The molecule has 102 valence electrons. The number of aromatic nitrogens is 2. The molecule has 1 aromatic rings. The number of aryl methyl sites for hydroxylation is 1. The lowest BCUT2D eigenvalue weighted by Crippen LogP contribution is -2.36. The number of nitrogens with one attached hydrogen (secondary N) is 2. The number of carbonyl (C=O) groups excluding carboxylic acids is 1. The van der Waals surface area contributed by atoms with Gasteiger partial charge in [-0.25, -0.2) is 4.79 Å². The molecule has 0 aliphatic rings. The summed E-state index contributed by atoms with van der Waals surface area (Å²) in [6, 6.07) is -0.0366. The van der Waals surface area contributed by atoms with Crippen molar-refractivity contribution in [2.75, 3.05) is 16.8 Å². The van der Waals surface area contributed by atoms with E-state index in [2.05, 4.69) is 27.8 Å². The number of amides is 2. The zero-order chi connectivity index (χ0) is 13.4. The van der Waals surface area contributed by atoms with E-state index in [9.17, 15) is 4.79 Å². The second-order valence-corrected chi connectivity index (χ2v) is 6.30. The van der Waals surface area contributed by atoms with Gasteiger partial charge in [-0.3, -0.25) is 5.32 Å². The number of hydrogen-bond acceptors (Lipinski definition) is 5. The second kappa shape index (κ2) is 8.31. The van der Waals surface area contributed by atoms with Gasteiger partial charge in [0.05, 0.1) is 0 Å². The van der Waals surface area contributed by atoms with E-state index in [1.165, 1.54) is 11.3 Å². The number of nitrogens with zero attached hydrogens (tertiary/aromatic N) is 2. The fraction of sp³-hybridized carbons (Fsp3) is 0.727. The quantitative estimate of drug-likeness (QED) is 0.757. The zero-order valence-electron chi connectivity index (χ0n) is 11.0. The van der Waals surface area contributed by atoms with E-state index in [1.807, 2.05) is 25.6 Å². The summed E-state index contributed by atoms with van der Waals surface area (Å²) in [5.74, 6) is 2.18. The predicted octanol–water partition coefficient (Wildman–Crippen LogP) is 2.75. The summed E-state index contributed by atoms with van der Waals surface area (Å²) < 4.78 is 0. The Morgan fingerprint density at radius 1 is 1.44 bits per heavy atom. The molecule has 7 heteroatoms. The Morgan fingerprint density at radius 2 is 2.22 bits per heavy atom. The third kappa shape index (κ3) is 5.68. The molecular weight excluding hydrogens is 268 g/mol. The maximum Gasteiger partial charge on any atom is 0.321 e. The van der Waals surface area contributed by atoms with E-state index in [-0.39, 0.29) is 12.1 Å². The molecular formula is C11H20N4OS2. The molecule has 0 aliphatic heterocycles. The van der Waals surface area contributed by atoms with Crippen molar-refractivity contribution in [2.24, 2.45) is 0 Å². The van der Waals surface area contributed by atoms with Crippen molar-refractivity contribution in [2.45, 2.75) is 39.7 Å². The van der Waals surface area contributed by atoms with Crippen molar-refractivity contribution in [3.63, 3.8) is 0 Å². The van der Waals surface area contributed by atoms with Gasteiger partial charge in [0.25, 0.3) is 0 Å². The Bertz CT molecular complexity index is 370. The van der Waals surface area contributed by atoms with Crippen LogP contribution in [0.2, 0.25) is 0 Å². The summed E-state index contributed by atoms with van der Waals surface area (Å²) in [6.45, 7) is 6.15. The van der Waals surface area contributed by atoms with Gasteiger partial charge in [-0.05, 0) is 31.3 Å². The lowest BCUT2D eigenvalue weighted by Gasteiger charge is -2.12. The van der Waals surface area contributed by atoms with E-state index in [0.29, 0.717) is 5.13 Å². The third-order valence-corrected chi connectivity index (χ3v) is 4.18. The highest BCUT2D eigenvalue weighted by Crippen LogP contribution is 2.15. The molecule has 1 heterocycles. The molecule has 5 nitrogen and oxygen atoms in total. The summed E-state index contributed by atoms with van der Waals surface area (Å²) >= 11 is 3.29. The molecule has 0 radical (unpaired) electrons. The van der Waals surface area contributed by atoms with Crippen molar-refractivity contribution in [1.29, 1.82) is 0 Å². The van der Waals surface area contributed by atoms with Crippen molar-refractivity contribution in [3.8, 4) is 0 Å². The molecule has 0 aromatic carbocycles. The second-order valence-electron chi connectivity index (χ2n) is 3.84. The predicted molar refractivity (Wildman–Crippen MR) is 78.5 cm³/mol. The summed E-state index contributed by atoms with van der Waals surface area (Å²) in [5.41, 5.74) is 0. The first-order valence-corrected chi connectivity index (χ1v) is 8.10. The molecule has 0 saturated carbocycles. The molecule has 1 rings (SSSR count). The fourth-order valence-corrected chi connectivity index (χ4v) is 2.76. The summed E-state index contributed by atoms with van der Waals surface area (Å²) in [4.78, 5) is 11.7. The minimum atomic E-state index is -0.206. The van der Waals surface area contributed by atoms with E-state index < -0.39 is 0 Å². The van der Waals surface area contributed by atoms with Crippen molar-refractivity contribution < 1.29 is 4.79 Å². The summed E-state index contributed by atoms with van der Waals surface area (Å²) in [6.07, 6.45) is 1.81. The Labute approximate surface area is 116 Å². The topological polar surface area (TPSA) is 66.9 Å². The van der Waals surface area contributed by atoms with E-state index in [0.717, 1.165) is 29.4 Å². The van der Waals surface area contributed by atoms with Crippen LogP contribution in [0.15, 0.2) is 0 Å². The maximum atomic E-state index is 11.7. The molecule has 0 saturated heterocycles. The van der Waals surface area contributed by atoms with Crippen LogP contribution in [0.5, 0.6) is 0 Å². The van der Waals surface area contributed by atoms with Crippen molar-refractivity contribution in [1.82, 2.24) is 15.5 Å². The van der Waals surface area contributed by atoms with Crippen LogP contribution in [0.3, 0.4) is 0 Å². The van der Waals surface area contributed by atoms with Crippen LogP contribution in [0.4, 0.5) is 9.93 Å². The summed E-state index contributed by atoms with van der Waals surface area (Å²) in [7, 11) is 0. The van der Waals surface area contributed by atoms with Gasteiger partial charge < -0.3 is 5.32 Å². The van der Waals surface area contributed by atoms with Crippen LogP contribution >= 0.6 is 23.1 Å². The Balaban J connectivity index is 2.28. The van der Waals surface area contributed by atoms with Gasteiger partial charge >= 0.3 is 6.03 Å². The Kier molecular flexibility index (Phi) is 7.04. The summed E-state index contributed by atoms with van der Waals surface area (Å²) in [5, 5.41) is 14.9. The highest BCUT2D eigenvalue weighted by atomic mass is 32.2. The van der Waals surface area contributed by atoms with Gasteiger partial charge in [-0.2, -0.15) is 11.8 Å². The average Bonchev–Trinajstić information content (AvgIpc) is 2.76. The van der Waals surface area contributed by atoms with Crippen LogP contribution in [0, 0.1) is 0 Å². The van der Waals surface area contributed by atoms with Gasteiger partial charge in [0.1, 0.15) is 5.01 Å². The normalized spacial score (nSPS) is 12.2. The number of rotatable bonds is 7. The Morgan fingerprint density at radius 3 is 2.83 bits per heavy atom. The van der Waals surface area contributed by atoms with Crippen LogP contribution in [-0.4, -0.2) is 33.8 Å². The van der Waals surface area contributed by atoms with Crippen LogP contribution in [0.1, 0.15) is 32.2 Å². The third-order valence-electron chi connectivity index (χ3n) is 2.27. The first kappa shape index (κ1) is 15.2. The molecule has 1 atom stereocenters. The highest BCUT2D eigenvalue weighted by molar-refractivity contribution is 7.99. The lowest BCUT2D eigenvalue weighted by atomic mass is 10.3. The highest BCUT2D eigenvalue weighted by Gasteiger charge is 2.09. The van der Waals surface area contributed by atoms with Gasteiger partial charge in [0, 0.05) is 6.04 Å². The van der Waals surface area contributed by atoms with E-state index in [1.54, 1.807) is 0 Å². The molecule has 2 N–H and O–H groups in total. The molecule has 1 aromatic heterocycles. The standard InChI is InChI=1S/C11H20N4OS2/c1-4-9-14-15-11(18-9)13-10(16)12-8(3)6-7-17-5-2/h8H,4-7H2,1-3H3,(H2,12,13,15,16)/t8-/m1/s1. The van der Waals surface area contributed by atoms with Crippen LogP contribution in [0.25, 0.3) is 0 Å². The van der Waals surface area contributed by atoms with E-state index >= 15 is 0 Å². The zero-order valence-corrected chi connectivity index (χ0v) is 12.7. The number of anilines is 1. The number of carbonyl (C=O) groups is 1. The minimum Gasteiger partial charge on any atom is -0.335 e. The largest absolute Gasteiger partial charge is 0.335 e. The first-order chi connectivity index (χ1) is 8.65. The van der Waals surface area contributed by atoms with Gasteiger partial charge in [0.2, 0.25) is 5.13 Å². The molecule has 0 fully saturated rings. The van der Waals surface area contributed by atoms with Gasteiger partial charge in [0.15, 0.2) is 0 Å². The molecule has 2 amide bonds. The smallest absolute Gasteiger partial charge is 0.321 e. The monoisotopic (exact) mass is 288 g/mol. The minimum absolute atomic E-state index is 0.169. The molecule has 0 spiro atoms. The number of thioether (sulfide) groups is 1. The molecule has 18 heavy (non-hydrogen) atoms. The Hall–Kier alpha value is -0.820. The lowest BCUT2D eigenvalue weighted by molar-refractivity contribution is 0.249. The van der Waals surface area contributed by atoms with Crippen molar-refractivity contribution >= 4 is 34.3 Å². The van der Waals surface area contributed by atoms with Gasteiger partial charge in [-0.1, -0.05) is 25.2 Å². The van der Waals surface area contributed by atoms with Crippen LogP contribution in [-0.2, 0) is 6.42 Å². The number of hydrogen-bond donors (Lipinski definition) is 2. The average molecular weight is 288 g/mol. The molecule has 0 bridgehead atoms. The SMILES string of the molecule is CCSCC[C@@H](C)NC(=O)Nc1nnc(CC)s1. The van der Waals surface area contributed by atoms with Crippen LogP contribution < -0.4 is 10.6 Å². The van der Waals surface area contributed by atoms with Crippen molar-refractivity contribution in [3.05, 3.63) is 5.01 Å². The fourth-order valence-electron chi connectivity index (χ4n) is 1.28. The maximum absolute atomic E-state index is 11.7. The first-order valence-electron chi connectivity index (χ1n) is 6.13. The van der Waals surface area contributed by atoms with Gasteiger partial charge in [-0.15, -0.1) is 10.2 Å². The molecule has 0 aliphatic carbocycles.